The number of amides is 2. The van der Waals surface area contributed by atoms with Crippen LogP contribution in [-0.2, 0) is 4.79 Å². The molecule has 1 unspecified atom stereocenters. The van der Waals surface area contributed by atoms with Crippen LogP contribution in [0.25, 0.3) is 0 Å². The van der Waals surface area contributed by atoms with E-state index in [0.717, 1.165) is 17.9 Å². The lowest BCUT2D eigenvalue weighted by molar-refractivity contribution is -0.135. The highest BCUT2D eigenvalue weighted by Crippen LogP contribution is 2.29. The van der Waals surface area contributed by atoms with Gasteiger partial charge in [-0.25, -0.2) is 0 Å². The van der Waals surface area contributed by atoms with Gasteiger partial charge < -0.3 is 10.2 Å². The van der Waals surface area contributed by atoms with E-state index < -0.39 is 6.04 Å². The number of carbonyl (C=O) groups excluding carboxylic acids is 2. The molecule has 2 amide bonds. The Kier molecular flexibility index (Phi) is 6.55. The summed E-state index contributed by atoms with van der Waals surface area (Å²) in [6.07, 6.45) is 1.85. The fourth-order valence-corrected chi connectivity index (χ4v) is 4.26. The molecule has 1 N–H and O–H groups in total. The highest BCUT2D eigenvalue weighted by Gasteiger charge is 2.31. The van der Waals surface area contributed by atoms with Crippen LogP contribution in [-0.4, -0.2) is 35.8 Å². The summed E-state index contributed by atoms with van der Waals surface area (Å²) in [7, 11) is 0. The predicted octanol–water partition coefficient (Wildman–Crippen LogP) is 4.56. The zero-order valence-corrected chi connectivity index (χ0v) is 17.2. The minimum Gasteiger partial charge on any atom is -0.341 e. The number of nitrogens with zero attached hydrogens (tertiary/aromatic N) is 1. The smallest absolute Gasteiger partial charge is 0.252 e. The number of halogens is 1. The molecular weight excluding hydrogens is 380 g/mol. The van der Waals surface area contributed by atoms with E-state index in [1.807, 2.05) is 36.3 Å². The van der Waals surface area contributed by atoms with Crippen molar-refractivity contribution in [2.45, 2.75) is 38.6 Å². The SMILES string of the molecule is CC(C)C(NC(=O)c1ccsc1)C(=O)N1CCC(c2ccc(Cl)cc2)CC1. The molecule has 1 fully saturated rings. The van der Waals surface area contributed by atoms with Crippen molar-refractivity contribution in [2.75, 3.05) is 13.1 Å². The van der Waals surface area contributed by atoms with Crippen LogP contribution in [0.3, 0.4) is 0 Å². The van der Waals surface area contributed by atoms with Crippen LogP contribution in [0.15, 0.2) is 41.1 Å². The van der Waals surface area contributed by atoms with Crippen molar-refractivity contribution in [2.24, 2.45) is 5.92 Å². The fourth-order valence-electron chi connectivity index (χ4n) is 3.50. The van der Waals surface area contributed by atoms with E-state index >= 15 is 0 Å². The van der Waals surface area contributed by atoms with Gasteiger partial charge in [-0.05, 0) is 53.8 Å². The summed E-state index contributed by atoms with van der Waals surface area (Å²) in [5.74, 6) is 0.320. The van der Waals surface area contributed by atoms with Gasteiger partial charge in [-0.1, -0.05) is 37.6 Å². The summed E-state index contributed by atoms with van der Waals surface area (Å²) < 4.78 is 0. The molecule has 0 bridgehead atoms. The molecule has 1 aromatic carbocycles. The van der Waals surface area contributed by atoms with Gasteiger partial charge in [0, 0.05) is 23.5 Å². The molecule has 2 aromatic rings. The maximum Gasteiger partial charge on any atom is 0.252 e. The quantitative estimate of drug-likeness (QED) is 0.793. The molecule has 1 saturated heterocycles. The van der Waals surface area contributed by atoms with E-state index in [0.29, 0.717) is 24.6 Å². The number of hydrogen-bond acceptors (Lipinski definition) is 3. The lowest BCUT2D eigenvalue weighted by Crippen LogP contribution is -2.52. The third-order valence-electron chi connectivity index (χ3n) is 5.15. The van der Waals surface area contributed by atoms with Crippen molar-refractivity contribution in [3.8, 4) is 0 Å². The topological polar surface area (TPSA) is 49.4 Å². The number of carbonyl (C=O) groups is 2. The second-order valence-corrected chi connectivity index (χ2v) is 8.57. The highest BCUT2D eigenvalue weighted by atomic mass is 35.5. The normalized spacial score (nSPS) is 16.4. The molecule has 1 aliphatic heterocycles. The number of hydrogen-bond donors (Lipinski definition) is 1. The Labute approximate surface area is 169 Å². The molecular formula is C21H25ClN2O2S. The van der Waals surface area contributed by atoms with Crippen molar-refractivity contribution in [3.63, 3.8) is 0 Å². The second kappa shape index (κ2) is 8.89. The predicted molar refractivity (Wildman–Crippen MR) is 110 cm³/mol. The van der Waals surface area contributed by atoms with Crippen LogP contribution in [0, 0.1) is 5.92 Å². The van der Waals surface area contributed by atoms with E-state index in [2.05, 4.69) is 17.4 Å². The first kappa shape index (κ1) is 19.9. The minimum atomic E-state index is -0.496. The van der Waals surface area contributed by atoms with Crippen molar-refractivity contribution in [3.05, 3.63) is 57.2 Å². The van der Waals surface area contributed by atoms with E-state index in [1.54, 1.807) is 11.4 Å². The summed E-state index contributed by atoms with van der Waals surface area (Å²) >= 11 is 7.45. The van der Waals surface area contributed by atoms with Gasteiger partial charge in [-0.3, -0.25) is 9.59 Å². The van der Waals surface area contributed by atoms with E-state index in [1.165, 1.54) is 16.9 Å². The van der Waals surface area contributed by atoms with Gasteiger partial charge in [0.25, 0.3) is 5.91 Å². The van der Waals surface area contributed by atoms with E-state index in [-0.39, 0.29) is 17.7 Å². The molecule has 1 atom stereocenters. The molecule has 0 radical (unpaired) electrons. The van der Waals surface area contributed by atoms with Crippen LogP contribution in [0.4, 0.5) is 0 Å². The zero-order valence-electron chi connectivity index (χ0n) is 15.7. The lowest BCUT2D eigenvalue weighted by Gasteiger charge is -2.35. The molecule has 6 heteroatoms. The Balaban J connectivity index is 1.60. The third kappa shape index (κ3) is 4.90. The summed E-state index contributed by atoms with van der Waals surface area (Å²) in [6, 6.07) is 9.26. The molecule has 1 aliphatic rings. The molecule has 1 aromatic heterocycles. The monoisotopic (exact) mass is 404 g/mol. The van der Waals surface area contributed by atoms with Gasteiger partial charge in [0.05, 0.1) is 5.56 Å². The fraction of sp³-hybridized carbons (Fsp3) is 0.429. The first-order valence-electron chi connectivity index (χ1n) is 9.33. The average molecular weight is 405 g/mol. The van der Waals surface area contributed by atoms with Crippen LogP contribution < -0.4 is 5.32 Å². The van der Waals surface area contributed by atoms with Gasteiger partial charge in [-0.15, -0.1) is 0 Å². The Bertz CT molecular complexity index is 766. The van der Waals surface area contributed by atoms with Gasteiger partial charge in [0.1, 0.15) is 6.04 Å². The molecule has 0 aliphatic carbocycles. The number of likely N-dealkylation sites (tertiary alicyclic amines) is 1. The van der Waals surface area contributed by atoms with E-state index in [9.17, 15) is 9.59 Å². The van der Waals surface area contributed by atoms with Crippen molar-refractivity contribution in [1.29, 1.82) is 0 Å². The average Bonchev–Trinajstić information content (AvgIpc) is 3.21. The van der Waals surface area contributed by atoms with Crippen LogP contribution in [0.1, 0.15) is 48.5 Å². The summed E-state index contributed by atoms with van der Waals surface area (Å²) in [5.41, 5.74) is 1.89. The van der Waals surface area contributed by atoms with Crippen LogP contribution in [0.2, 0.25) is 5.02 Å². The maximum atomic E-state index is 13.0. The summed E-state index contributed by atoms with van der Waals surface area (Å²) in [4.78, 5) is 27.3. The number of thiophene rings is 1. The van der Waals surface area contributed by atoms with Crippen molar-refractivity contribution < 1.29 is 9.59 Å². The van der Waals surface area contributed by atoms with Gasteiger partial charge >= 0.3 is 0 Å². The Morgan fingerprint density at radius 1 is 1.15 bits per heavy atom. The molecule has 27 heavy (non-hydrogen) atoms. The zero-order chi connectivity index (χ0) is 19.4. The number of piperidine rings is 1. The number of benzene rings is 1. The Morgan fingerprint density at radius 3 is 2.37 bits per heavy atom. The van der Waals surface area contributed by atoms with Crippen molar-refractivity contribution >= 4 is 34.8 Å². The number of nitrogens with one attached hydrogen (secondary N) is 1. The van der Waals surface area contributed by atoms with E-state index in [4.69, 9.17) is 11.6 Å². The standard InChI is InChI=1S/C21H25ClN2O2S/c1-14(2)19(23-20(25)17-9-12-27-13-17)21(26)24-10-7-16(8-11-24)15-3-5-18(22)6-4-15/h3-6,9,12-14,16,19H,7-8,10-11H2,1-2H3,(H,23,25). The van der Waals surface area contributed by atoms with Crippen LogP contribution in [0.5, 0.6) is 0 Å². The maximum absolute atomic E-state index is 13.0. The van der Waals surface area contributed by atoms with Gasteiger partial charge in [-0.2, -0.15) is 11.3 Å². The first-order chi connectivity index (χ1) is 13.0. The summed E-state index contributed by atoms with van der Waals surface area (Å²) in [5, 5.41) is 7.33. The molecule has 4 nitrogen and oxygen atoms in total. The lowest BCUT2D eigenvalue weighted by atomic mass is 9.89. The molecule has 144 valence electrons. The van der Waals surface area contributed by atoms with Gasteiger partial charge in [0.2, 0.25) is 5.91 Å². The largest absolute Gasteiger partial charge is 0.341 e. The second-order valence-electron chi connectivity index (χ2n) is 7.36. The van der Waals surface area contributed by atoms with Crippen molar-refractivity contribution in [1.82, 2.24) is 10.2 Å². The minimum absolute atomic E-state index is 0.0168. The Hall–Kier alpha value is -1.85. The Morgan fingerprint density at radius 2 is 1.81 bits per heavy atom. The molecule has 2 heterocycles. The van der Waals surface area contributed by atoms with Crippen LogP contribution >= 0.6 is 22.9 Å². The molecule has 0 spiro atoms. The number of rotatable bonds is 5. The molecule has 3 rings (SSSR count). The molecule has 0 saturated carbocycles. The van der Waals surface area contributed by atoms with Gasteiger partial charge in [0.15, 0.2) is 0 Å². The highest BCUT2D eigenvalue weighted by molar-refractivity contribution is 7.08. The summed E-state index contributed by atoms with van der Waals surface area (Å²) in [6.45, 7) is 5.36. The third-order valence-corrected chi connectivity index (χ3v) is 6.09. The first-order valence-corrected chi connectivity index (χ1v) is 10.6.